The van der Waals surface area contributed by atoms with Crippen molar-refractivity contribution < 1.29 is 22.3 Å². The molecule has 0 saturated heterocycles. The van der Waals surface area contributed by atoms with Crippen molar-refractivity contribution in [1.29, 1.82) is 0 Å². The average molecular weight is 483 g/mol. The zero-order valence-corrected chi connectivity index (χ0v) is 18.8. The van der Waals surface area contributed by atoms with Crippen LogP contribution in [0.2, 0.25) is 0 Å². The Kier molecular flexibility index (Phi) is 7.81. The SMILES string of the molecule is FC(F)(F)Oc1cccc(/C=C/c2nc(CNc3ccc(CCCCn4ccnn4)cc3)co2)c1. The van der Waals surface area contributed by atoms with Crippen molar-refractivity contribution in [2.75, 3.05) is 5.32 Å². The van der Waals surface area contributed by atoms with Gasteiger partial charge in [0.1, 0.15) is 12.0 Å². The highest BCUT2D eigenvalue weighted by Crippen LogP contribution is 2.24. The summed E-state index contributed by atoms with van der Waals surface area (Å²) in [7, 11) is 0. The Labute approximate surface area is 200 Å². The maximum atomic E-state index is 12.4. The van der Waals surface area contributed by atoms with Crippen LogP contribution in [0.3, 0.4) is 0 Å². The summed E-state index contributed by atoms with van der Waals surface area (Å²) in [6.07, 6.45) is 6.67. The number of oxazole rings is 1. The van der Waals surface area contributed by atoms with Gasteiger partial charge in [-0.1, -0.05) is 29.5 Å². The van der Waals surface area contributed by atoms with Crippen molar-refractivity contribution in [3.63, 3.8) is 0 Å². The zero-order chi connectivity index (χ0) is 24.5. The molecule has 0 unspecified atom stereocenters. The summed E-state index contributed by atoms with van der Waals surface area (Å²) in [6, 6.07) is 13.9. The summed E-state index contributed by atoms with van der Waals surface area (Å²) in [5.74, 6) is 0.0694. The number of unbranched alkanes of at least 4 members (excludes halogenated alkanes) is 1. The van der Waals surface area contributed by atoms with Gasteiger partial charge in [-0.25, -0.2) is 4.98 Å². The van der Waals surface area contributed by atoms with Gasteiger partial charge in [-0.3, -0.25) is 4.68 Å². The predicted octanol–water partition coefficient (Wildman–Crippen LogP) is 5.97. The van der Waals surface area contributed by atoms with Gasteiger partial charge in [0.15, 0.2) is 0 Å². The lowest BCUT2D eigenvalue weighted by molar-refractivity contribution is -0.274. The number of ether oxygens (including phenoxy) is 1. The number of nitrogens with one attached hydrogen (secondary N) is 1. The molecule has 2 heterocycles. The number of rotatable bonds is 11. The number of benzene rings is 2. The van der Waals surface area contributed by atoms with E-state index >= 15 is 0 Å². The molecule has 0 radical (unpaired) electrons. The van der Waals surface area contributed by atoms with Crippen molar-refractivity contribution in [3.05, 3.63) is 89.9 Å². The van der Waals surface area contributed by atoms with Gasteiger partial charge in [0.05, 0.1) is 18.4 Å². The van der Waals surface area contributed by atoms with Gasteiger partial charge in [-0.15, -0.1) is 18.3 Å². The number of hydrogen-bond acceptors (Lipinski definition) is 6. The Bertz CT molecular complexity index is 1220. The second-order valence-corrected chi connectivity index (χ2v) is 7.80. The van der Waals surface area contributed by atoms with Crippen LogP contribution in [0.1, 0.15) is 35.6 Å². The molecule has 2 aromatic carbocycles. The topological polar surface area (TPSA) is 78.0 Å². The molecule has 4 aromatic rings. The van der Waals surface area contributed by atoms with Crippen molar-refractivity contribution in [1.82, 2.24) is 20.0 Å². The normalized spacial score (nSPS) is 11.7. The number of alkyl halides is 3. The van der Waals surface area contributed by atoms with Crippen molar-refractivity contribution >= 4 is 17.8 Å². The minimum absolute atomic E-state index is 0.283. The lowest BCUT2D eigenvalue weighted by atomic mass is 10.1. The number of aryl methyl sites for hydroxylation is 2. The zero-order valence-electron chi connectivity index (χ0n) is 18.8. The van der Waals surface area contributed by atoms with Crippen LogP contribution in [-0.4, -0.2) is 26.3 Å². The fourth-order valence-corrected chi connectivity index (χ4v) is 3.40. The molecule has 0 atom stereocenters. The summed E-state index contributed by atoms with van der Waals surface area (Å²) >= 11 is 0. The first kappa shape index (κ1) is 24.1. The number of hydrogen-bond donors (Lipinski definition) is 1. The molecule has 4 rings (SSSR count). The van der Waals surface area contributed by atoms with E-state index in [-0.39, 0.29) is 5.75 Å². The van der Waals surface area contributed by atoms with E-state index in [0.29, 0.717) is 23.7 Å². The van der Waals surface area contributed by atoms with Gasteiger partial charge in [0.25, 0.3) is 0 Å². The summed E-state index contributed by atoms with van der Waals surface area (Å²) in [4.78, 5) is 4.37. The first-order valence-electron chi connectivity index (χ1n) is 11.1. The summed E-state index contributed by atoms with van der Waals surface area (Å²) in [5, 5.41) is 11.1. The number of halogens is 3. The summed E-state index contributed by atoms with van der Waals surface area (Å²) < 4.78 is 48.3. The van der Waals surface area contributed by atoms with Gasteiger partial charge >= 0.3 is 6.36 Å². The van der Waals surface area contributed by atoms with Crippen LogP contribution >= 0.6 is 0 Å². The van der Waals surface area contributed by atoms with Crippen LogP contribution in [0.5, 0.6) is 5.75 Å². The molecule has 0 bridgehead atoms. The first-order chi connectivity index (χ1) is 16.9. The molecule has 0 aliphatic rings. The van der Waals surface area contributed by atoms with Crippen LogP contribution in [0.15, 0.2) is 71.6 Å². The quantitative estimate of drug-likeness (QED) is 0.265. The third-order valence-electron chi connectivity index (χ3n) is 5.08. The minimum Gasteiger partial charge on any atom is -0.445 e. The predicted molar refractivity (Wildman–Crippen MR) is 125 cm³/mol. The Morgan fingerprint density at radius 1 is 1.06 bits per heavy atom. The monoisotopic (exact) mass is 483 g/mol. The molecule has 0 saturated carbocycles. The fraction of sp³-hybridized carbons (Fsp3) is 0.240. The molecule has 0 fully saturated rings. The third kappa shape index (κ3) is 8.02. The minimum atomic E-state index is -4.73. The largest absolute Gasteiger partial charge is 0.573 e. The summed E-state index contributed by atoms with van der Waals surface area (Å²) in [6.45, 7) is 1.34. The average Bonchev–Trinajstić information content (AvgIpc) is 3.51. The van der Waals surface area contributed by atoms with Crippen molar-refractivity contribution in [3.8, 4) is 5.75 Å². The molecule has 0 amide bonds. The van der Waals surface area contributed by atoms with Crippen LogP contribution in [0.4, 0.5) is 18.9 Å². The molecule has 10 heteroatoms. The Morgan fingerprint density at radius 3 is 2.69 bits per heavy atom. The molecule has 0 aliphatic carbocycles. The van der Waals surface area contributed by atoms with E-state index in [1.54, 1.807) is 30.7 Å². The first-order valence-corrected chi connectivity index (χ1v) is 11.1. The van der Waals surface area contributed by atoms with E-state index in [4.69, 9.17) is 4.42 Å². The van der Waals surface area contributed by atoms with Gasteiger partial charge in [-0.05, 0) is 60.7 Å². The maximum absolute atomic E-state index is 12.4. The molecule has 2 aromatic heterocycles. The van der Waals surface area contributed by atoms with Crippen LogP contribution in [0.25, 0.3) is 12.2 Å². The van der Waals surface area contributed by atoms with E-state index in [1.807, 2.05) is 23.0 Å². The highest BCUT2D eigenvalue weighted by molar-refractivity contribution is 5.66. The molecular weight excluding hydrogens is 459 g/mol. The van der Waals surface area contributed by atoms with Gasteiger partial charge in [-0.2, -0.15) is 0 Å². The number of nitrogens with zero attached hydrogens (tertiary/aromatic N) is 4. The Hall–Kier alpha value is -4.08. The Morgan fingerprint density at radius 2 is 1.91 bits per heavy atom. The van der Waals surface area contributed by atoms with Crippen LogP contribution in [0, 0.1) is 0 Å². The second-order valence-electron chi connectivity index (χ2n) is 7.80. The molecule has 182 valence electrons. The molecule has 35 heavy (non-hydrogen) atoms. The van der Waals surface area contributed by atoms with Crippen LogP contribution < -0.4 is 10.1 Å². The van der Waals surface area contributed by atoms with Gasteiger partial charge < -0.3 is 14.5 Å². The maximum Gasteiger partial charge on any atom is 0.573 e. The molecule has 0 aliphatic heterocycles. The van der Waals surface area contributed by atoms with E-state index in [0.717, 1.165) is 31.5 Å². The van der Waals surface area contributed by atoms with Gasteiger partial charge in [0.2, 0.25) is 5.89 Å². The summed E-state index contributed by atoms with van der Waals surface area (Å²) in [5.41, 5.74) is 3.48. The van der Waals surface area contributed by atoms with Crippen molar-refractivity contribution in [2.24, 2.45) is 0 Å². The van der Waals surface area contributed by atoms with Crippen LogP contribution in [-0.2, 0) is 19.5 Å². The fourth-order valence-electron chi connectivity index (χ4n) is 3.40. The Balaban J connectivity index is 1.22. The number of aromatic nitrogens is 4. The number of anilines is 1. The molecular formula is C25H24F3N5O2. The lowest BCUT2D eigenvalue weighted by Gasteiger charge is -2.08. The lowest BCUT2D eigenvalue weighted by Crippen LogP contribution is -2.17. The standard InChI is InChI=1S/C25H24F3N5O2/c26-25(27,28)35-23-6-3-5-20(16-23)9-12-24-31-22(18-34-24)17-29-21-10-7-19(8-11-21)4-1-2-14-33-15-13-30-32-33/h3,5-13,15-16,18,29H,1-2,4,14,17H2/b12-9+. The third-order valence-corrected chi connectivity index (χ3v) is 5.08. The smallest absolute Gasteiger partial charge is 0.445 e. The molecule has 7 nitrogen and oxygen atoms in total. The second kappa shape index (κ2) is 11.4. The van der Waals surface area contributed by atoms with E-state index < -0.39 is 6.36 Å². The molecule has 1 N–H and O–H groups in total. The van der Waals surface area contributed by atoms with Gasteiger partial charge in [0, 0.05) is 24.5 Å². The van der Waals surface area contributed by atoms with E-state index in [1.165, 1.54) is 23.8 Å². The highest BCUT2D eigenvalue weighted by atomic mass is 19.4. The van der Waals surface area contributed by atoms with E-state index in [2.05, 4.69) is 37.5 Å². The van der Waals surface area contributed by atoms with E-state index in [9.17, 15) is 13.2 Å². The molecule has 0 spiro atoms. The van der Waals surface area contributed by atoms with Crippen molar-refractivity contribution in [2.45, 2.75) is 38.7 Å². The highest BCUT2D eigenvalue weighted by Gasteiger charge is 2.31.